The minimum atomic E-state index is -1.15. The first-order chi connectivity index (χ1) is 8.95. The van der Waals surface area contributed by atoms with Gasteiger partial charge in [0.05, 0.1) is 7.11 Å². The summed E-state index contributed by atoms with van der Waals surface area (Å²) in [5.41, 5.74) is 1.42. The molecule has 0 amide bonds. The molecule has 1 unspecified atom stereocenters. The summed E-state index contributed by atoms with van der Waals surface area (Å²) in [7, 11) is 1.58. The second-order valence-corrected chi connectivity index (χ2v) is 5.22. The van der Waals surface area contributed by atoms with E-state index in [1.807, 2.05) is 31.2 Å². The number of ether oxygens (including phenoxy) is 1. The first kappa shape index (κ1) is 13.9. The zero-order chi connectivity index (χ0) is 14.0. The van der Waals surface area contributed by atoms with Crippen LogP contribution in [0.15, 0.2) is 42.5 Å². The molecule has 2 nitrogen and oxygen atoms in total. The molecule has 1 N–H and O–H groups in total. The van der Waals surface area contributed by atoms with Gasteiger partial charge in [-0.1, -0.05) is 41.4 Å². The highest BCUT2D eigenvalue weighted by Crippen LogP contribution is 2.37. The second kappa shape index (κ2) is 5.24. The summed E-state index contributed by atoms with van der Waals surface area (Å²) in [6, 6.07) is 13.0. The Morgan fingerprint density at radius 2 is 1.89 bits per heavy atom. The molecule has 0 spiro atoms. The minimum absolute atomic E-state index is 0.573. The maximum Gasteiger partial charge on any atom is 0.125 e. The van der Waals surface area contributed by atoms with Crippen molar-refractivity contribution in [2.75, 3.05) is 7.11 Å². The molecule has 2 aromatic carbocycles. The summed E-state index contributed by atoms with van der Waals surface area (Å²) in [5.74, 6) is 0.621. The smallest absolute Gasteiger partial charge is 0.125 e. The van der Waals surface area contributed by atoms with Gasteiger partial charge in [0, 0.05) is 10.6 Å². The van der Waals surface area contributed by atoms with Gasteiger partial charge in [0.25, 0.3) is 0 Å². The van der Waals surface area contributed by atoms with Crippen molar-refractivity contribution < 1.29 is 9.84 Å². The number of hydrogen-bond acceptors (Lipinski definition) is 2. The Balaban J connectivity index is 2.58. The van der Waals surface area contributed by atoms with Crippen LogP contribution in [0.5, 0.6) is 5.75 Å². The summed E-state index contributed by atoms with van der Waals surface area (Å²) in [4.78, 5) is 0. The highest BCUT2D eigenvalue weighted by Gasteiger charge is 2.29. The maximum absolute atomic E-state index is 10.9. The first-order valence-corrected chi connectivity index (χ1v) is 6.46. The highest BCUT2D eigenvalue weighted by atomic mass is 35.5. The van der Waals surface area contributed by atoms with E-state index in [-0.39, 0.29) is 0 Å². The molecule has 1 atom stereocenters. The van der Waals surface area contributed by atoms with E-state index in [1.165, 1.54) is 0 Å². The lowest BCUT2D eigenvalue weighted by Crippen LogP contribution is -2.23. The number of halogens is 1. The van der Waals surface area contributed by atoms with Crippen LogP contribution in [-0.2, 0) is 5.60 Å². The third kappa shape index (κ3) is 2.75. The largest absolute Gasteiger partial charge is 0.496 e. The van der Waals surface area contributed by atoms with Gasteiger partial charge >= 0.3 is 0 Å². The fraction of sp³-hybridized carbons (Fsp3) is 0.250. The van der Waals surface area contributed by atoms with Gasteiger partial charge in [0.2, 0.25) is 0 Å². The quantitative estimate of drug-likeness (QED) is 0.921. The van der Waals surface area contributed by atoms with Crippen LogP contribution in [0.2, 0.25) is 5.02 Å². The summed E-state index contributed by atoms with van der Waals surface area (Å²) in [6.45, 7) is 3.74. The van der Waals surface area contributed by atoms with Crippen molar-refractivity contribution in [3.05, 3.63) is 64.2 Å². The number of hydrogen-bond donors (Lipinski definition) is 1. The molecule has 2 rings (SSSR count). The molecule has 0 aromatic heterocycles. The molecule has 3 heteroatoms. The Morgan fingerprint density at radius 1 is 1.16 bits per heavy atom. The van der Waals surface area contributed by atoms with Crippen molar-refractivity contribution in [2.45, 2.75) is 19.4 Å². The monoisotopic (exact) mass is 276 g/mol. The average Bonchev–Trinajstić information content (AvgIpc) is 2.38. The van der Waals surface area contributed by atoms with Gasteiger partial charge in [-0.2, -0.15) is 0 Å². The number of aliphatic hydroxyl groups is 1. The van der Waals surface area contributed by atoms with Crippen molar-refractivity contribution >= 4 is 11.6 Å². The Hall–Kier alpha value is -1.51. The van der Waals surface area contributed by atoms with Gasteiger partial charge in [0.1, 0.15) is 11.4 Å². The molecule has 0 fully saturated rings. The molecule has 19 heavy (non-hydrogen) atoms. The lowest BCUT2D eigenvalue weighted by atomic mass is 9.87. The Labute approximate surface area is 118 Å². The van der Waals surface area contributed by atoms with E-state index in [1.54, 1.807) is 32.2 Å². The molecule has 0 heterocycles. The van der Waals surface area contributed by atoms with Crippen molar-refractivity contribution in [3.8, 4) is 5.75 Å². The first-order valence-electron chi connectivity index (χ1n) is 6.08. The van der Waals surface area contributed by atoms with E-state index in [0.29, 0.717) is 16.3 Å². The topological polar surface area (TPSA) is 29.5 Å². The molecule has 0 aliphatic carbocycles. The molecule has 0 aliphatic heterocycles. The zero-order valence-electron chi connectivity index (χ0n) is 11.3. The lowest BCUT2D eigenvalue weighted by molar-refractivity contribution is 0.0989. The molecule has 0 saturated heterocycles. The van der Waals surface area contributed by atoms with E-state index in [4.69, 9.17) is 16.3 Å². The molecule has 0 radical (unpaired) electrons. The Morgan fingerprint density at radius 3 is 2.53 bits per heavy atom. The molecule has 0 bridgehead atoms. The molecule has 0 saturated carbocycles. The summed E-state index contributed by atoms with van der Waals surface area (Å²) in [5, 5.41) is 11.5. The number of methoxy groups -OCH3 is 1. The Bertz CT molecular complexity index is 591. The zero-order valence-corrected chi connectivity index (χ0v) is 12.0. The van der Waals surface area contributed by atoms with Gasteiger partial charge in [-0.15, -0.1) is 0 Å². The van der Waals surface area contributed by atoms with Gasteiger partial charge in [-0.3, -0.25) is 0 Å². The molecular weight excluding hydrogens is 260 g/mol. The van der Waals surface area contributed by atoms with Gasteiger partial charge in [-0.25, -0.2) is 0 Å². The lowest BCUT2D eigenvalue weighted by Gasteiger charge is -2.27. The normalized spacial score (nSPS) is 13.9. The van der Waals surface area contributed by atoms with Crippen LogP contribution in [0, 0.1) is 6.92 Å². The van der Waals surface area contributed by atoms with Crippen LogP contribution in [0.1, 0.15) is 23.6 Å². The van der Waals surface area contributed by atoms with E-state index < -0.39 is 5.60 Å². The van der Waals surface area contributed by atoms with Crippen molar-refractivity contribution in [1.29, 1.82) is 0 Å². The van der Waals surface area contributed by atoms with Crippen molar-refractivity contribution in [2.24, 2.45) is 0 Å². The average molecular weight is 277 g/mol. The van der Waals surface area contributed by atoms with E-state index in [9.17, 15) is 5.11 Å². The second-order valence-electron chi connectivity index (χ2n) is 4.79. The Kier molecular flexibility index (Phi) is 3.83. The number of aryl methyl sites for hydroxylation is 1. The molecular formula is C16H17ClO2. The standard InChI is InChI=1S/C16H17ClO2/c1-11-5-4-6-12(9-11)16(2,18)14-10-13(17)7-8-15(14)19-3/h4-10,18H,1-3H3. The van der Waals surface area contributed by atoms with Crippen LogP contribution < -0.4 is 4.74 Å². The van der Waals surface area contributed by atoms with Gasteiger partial charge in [-0.05, 0) is 37.6 Å². The summed E-state index contributed by atoms with van der Waals surface area (Å²) < 4.78 is 5.32. The van der Waals surface area contributed by atoms with Crippen LogP contribution in [0.25, 0.3) is 0 Å². The fourth-order valence-corrected chi connectivity index (χ4v) is 2.34. The highest BCUT2D eigenvalue weighted by molar-refractivity contribution is 6.30. The number of benzene rings is 2. The minimum Gasteiger partial charge on any atom is -0.496 e. The molecule has 0 aliphatic rings. The van der Waals surface area contributed by atoms with Crippen molar-refractivity contribution in [3.63, 3.8) is 0 Å². The van der Waals surface area contributed by atoms with Crippen LogP contribution >= 0.6 is 11.6 Å². The van der Waals surface area contributed by atoms with Crippen LogP contribution in [0.3, 0.4) is 0 Å². The van der Waals surface area contributed by atoms with Crippen molar-refractivity contribution in [1.82, 2.24) is 0 Å². The van der Waals surface area contributed by atoms with Crippen LogP contribution in [0.4, 0.5) is 0 Å². The van der Waals surface area contributed by atoms with E-state index in [2.05, 4.69) is 0 Å². The van der Waals surface area contributed by atoms with Crippen LogP contribution in [-0.4, -0.2) is 12.2 Å². The molecule has 100 valence electrons. The van der Waals surface area contributed by atoms with E-state index >= 15 is 0 Å². The predicted octanol–water partition coefficient (Wildman–Crippen LogP) is 3.91. The predicted molar refractivity (Wildman–Crippen MR) is 77.9 cm³/mol. The molecule has 2 aromatic rings. The van der Waals surface area contributed by atoms with E-state index in [0.717, 1.165) is 11.1 Å². The third-order valence-corrected chi connectivity index (χ3v) is 3.50. The van der Waals surface area contributed by atoms with Gasteiger partial charge in [0.15, 0.2) is 0 Å². The summed E-state index contributed by atoms with van der Waals surface area (Å²) in [6.07, 6.45) is 0. The summed E-state index contributed by atoms with van der Waals surface area (Å²) >= 11 is 6.03. The maximum atomic E-state index is 10.9. The van der Waals surface area contributed by atoms with Gasteiger partial charge < -0.3 is 9.84 Å². The SMILES string of the molecule is COc1ccc(Cl)cc1C(C)(O)c1cccc(C)c1. The fourth-order valence-electron chi connectivity index (χ4n) is 2.16. The number of rotatable bonds is 3. The third-order valence-electron chi connectivity index (χ3n) is 3.27.